The fraction of sp³-hybridized carbons (Fsp3) is 0.600. The molecule has 27 heavy (non-hydrogen) atoms. The van der Waals surface area contributed by atoms with Gasteiger partial charge in [-0.3, -0.25) is 9.48 Å². The van der Waals surface area contributed by atoms with Crippen molar-refractivity contribution in [2.45, 2.75) is 51.0 Å². The summed E-state index contributed by atoms with van der Waals surface area (Å²) < 4.78 is 1.90. The summed E-state index contributed by atoms with van der Waals surface area (Å²) in [5.74, 6) is 0.979. The predicted molar refractivity (Wildman–Crippen MR) is 104 cm³/mol. The molecule has 1 spiro atoms. The third-order valence-electron chi connectivity index (χ3n) is 6.02. The van der Waals surface area contributed by atoms with Crippen LogP contribution in [-0.4, -0.2) is 57.7 Å². The molecule has 7 heteroatoms. The number of piperidine rings is 1. The molecule has 1 unspecified atom stereocenters. The fourth-order valence-electron chi connectivity index (χ4n) is 4.48. The SMILES string of the molecule is Cc1ccnn1CCC(=O)N1CCCC2(CCc3cnc(N(C)C)nc32)C1. The average molecular weight is 368 g/mol. The van der Waals surface area contributed by atoms with E-state index in [1.165, 1.54) is 11.3 Å². The molecule has 1 aliphatic heterocycles. The van der Waals surface area contributed by atoms with Gasteiger partial charge in [-0.15, -0.1) is 0 Å². The maximum Gasteiger partial charge on any atom is 0.225 e. The van der Waals surface area contributed by atoms with Crippen molar-refractivity contribution in [1.82, 2.24) is 24.6 Å². The zero-order chi connectivity index (χ0) is 19.0. The van der Waals surface area contributed by atoms with Crippen LogP contribution in [0.3, 0.4) is 0 Å². The maximum atomic E-state index is 12.9. The standard InChI is InChI=1S/C20H28N6O/c1-15-6-10-22-26(15)12-7-17(27)25-11-4-8-20(14-25)9-5-16-13-21-19(24(2)3)23-18(16)20/h6,10,13H,4-5,7-9,11-12,14H2,1-3H3. The van der Waals surface area contributed by atoms with E-state index in [0.29, 0.717) is 13.0 Å². The second kappa shape index (κ2) is 6.94. The monoisotopic (exact) mass is 368 g/mol. The topological polar surface area (TPSA) is 67.2 Å². The van der Waals surface area contributed by atoms with E-state index in [0.717, 1.165) is 50.4 Å². The summed E-state index contributed by atoms with van der Waals surface area (Å²) in [7, 11) is 3.94. The number of hydrogen-bond donors (Lipinski definition) is 0. The van der Waals surface area contributed by atoms with Crippen LogP contribution >= 0.6 is 0 Å². The number of amides is 1. The zero-order valence-electron chi connectivity index (χ0n) is 16.5. The number of rotatable bonds is 4. The third kappa shape index (κ3) is 3.31. The predicted octanol–water partition coefficient (Wildman–Crippen LogP) is 1.94. The van der Waals surface area contributed by atoms with Crippen LogP contribution in [0.15, 0.2) is 18.5 Å². The molecule has 0 radical (unpaired) electrons. The summed E-state index contributed by atoms with van der Waals surface area (Å²) in [6.07, 6.45) is 8.48. The molecule has 2 aromatic heterocycles. The minimum atomic E-state index is -0.00143. The summed E-state index contributed by atoms with van der Waals surface area (Å²) in [4.78, 5) is 26.2. The number of nitrogens with zero attached hydrogens (tertiary/aromatic N) is 6. The highest BCUT2D eigenvalue weighted by atomic mass is 16.2. The second-order valence-electron chi connectivity index (χ2n) is 8.08. The largest absolute Gasteiger partial charge is 0.347 e. The first-order valence-corrected chi connectivity index (χ1v) is 9.78. The van der Waals surface area contributed by atoms with E-state index in [1.807, 2.05) is 42.9 Å². The normalized spacial score (nSPS) is 21.5. The molecule has 1 saturated heterocycles. The number of fused-ring (bicyclic) bond motifs is 2. The number of aryl methyl sites for hydroxylation is 3. The van der Waals surface area contributed by atoms with Gasteiger partial charge in [0.15, 0.2) is 0 Å². The zero-order valence-corrected chi connectivity index (χ0v) is 16.5. The van der Waals surface area contributed by atoms with Gasteiger partial charge in [0.1, 0.15) is 0 Å². The third-order valence-corrected chi connectivity index (χ3v) is 6.02. The molecule has 1 amide bonds. The van der Waals surface area contributed by atoms with E-state index >= 15 is 0 Å². The summed E-state index contributed by atoms with van der Waals surface area (Å²) in [5.41, 5.74) is 3.51. The highest BCUT2D eigenvalue weighted by Crippen LogP contribution is 2.44. The Balaban J connectivity index is 1.50. The molecule has 1 atom stereocenters. The maximum absolute atomic E-state index is 12.9. The van der Waals surface area contributed by atoms with Gasteiger partial charge in [-0.25, -0.2) is 9.97 Å². The average Bonchev–Trinajstić information content (AvgIpc) is 3.23. The molecule has 2 aromatic rings. The Morgan fingerprint density at radius 1 is 1.33 bits per heavy atom. The molecule has 0 aromatic carbocycles. The van der Waals surface area contributed by atoms with Crippen molar-refractivity contribution >= 4 is 11.9 Å². The highest BCUT2D eigenvalue weighted by molar-refractivity contribution is 5.76. The molecule has 1 fully saturated rings. The Morgan fingerprint density at radius 2 is 2.19 bits per heavy atom. The second-order valence-corrected chi connectivity index (χ2v) is 8.08. The highest BCUT2D eigenvalue weighted by Gasteiger charge is 2.44. The first kappa shape index (κ1) is 17.9. The van der Waals surface area contributed by atoms with E-state index in [-0.39, 0.29) is 11.3 Å². The number of likely N-dealkylation sites (tertiary alicyclic amines) is 1. The lowest BCUT2D eigenvalue weighted by Crippen LogP contribution is -2.48. The molecule has 144 valence electrons. The summed E-state index contributed by atoms with van der Waals surface area (Å²) in [6.45, 7) is 4.29. The van der Waals surface area contributed by atoms with Gasteiger partial charge in [0.05, 0.1) is 5.69 Å². The van der Waals surface area contributed by atoms with Crippen LogP contribution in [0.25, 0.3) is 0 Å². The molecular weight excluding hydrogens is 340 g/mol. The molecule has 7 nitrogen and oxygen atoms in total. The van der Waals surface area contributed by atoms with Gasteiger partial charge < -0.3 is 9.80 Å². The van der Waals surface area contributed by atoms with E-state index < -0.39 is 0 Å². The van der Waals surface area contributed by atoms with E-state index in [9.17, 15) is 4.79 Å². The van der Waals surface area contributed by atoms with Crippen molar-refractivity contribution in [2.75, 3.05) is 32.1 Å². The summed E-state index contributed by atoms with van der Waals surface area (Å²) >= 11 is 0. The Morgan fingerprint density at radius 3 is 2.93 bits per heavy atom. The van der Waals surface area contributed by atoms with Crippen LogP contribution < -0.4 is 4.90 Å². The quantitative estimate of drug-likeness (QED) is 0.825. The minimum absolute atomic E-state index is 0.00143. The Hall–Kier alpha value is -2.44. The first-order chi connectivity index (χ1) is 13.0. The van der Waals surface area contributed by atoms with Crippen LogP contribution in [0.2, 0.25) is 0 Å². The summed E-state index contributed by atoms with van der Waals surface area (Å²) in [6, 6.07) is 1.97. The lowest BCUT2D eigenvalue weighted by atomic mass is 9.77. The van der Waals surface area contributed by atoms with Gasteiger partial charge >= 0.3 is 0 Å². The number of carbonyl (C=O) groups is 1. The number of carbonyl (C=O) groups excluding carboxylic acids is 1. The lowest BCUT2D eigenvalue weighted by Gasteiger charge is -2.40. The Labute approximate surface area is 160 Å². The first-order valence-electron chi connectivity index (χ1n) is 9.78. The van der Waals surface area contributed by atoms with Gasteiger partial charge in [-0.1, -0.05) is 0 Å². The Bertz CT molecular complexity index is 841. The number of anilines is 1. The molecule has 0 N–H and O–H groups in total. The number of hydrogen-bond acceptors (Lipinski definition) is 5. The molecule has 1 aliphatic carbocycles. The number of aromatic nitrogens is 4. The molecular formula is C20H28N6O. The van der Waals surface area contributed by atoms with Crippen molar-refractivity contribution < 1.29 is 4.79 Å². The van der Waals surface area contributed by atoms with Gasteiger partial charge in [0.25, 0.3) is 0 Å². The molecule has 2 aliphatic rings. The molecule has 0 bridgehead atoms. The lowest BCUT2D eigenvalue weighted by molar-refractivity contribution is -0.133. The van der Waals surface area contributed by atoms with Crippen molar-refractivity contribution in [2.24, 2.45) is 0 Å². The van der Waals surface area contributed by atoms with Crippen LogP contribution in [-0.2, 0) is 23.2 Å². The van der Waals surface area contributed by atoms with Crippen molar-refractivity contribution in [3.8, 4) is 0 Å². The van der Waals surface area contributed by atoms with Crippen LogP contribution in [0.4, 0.5) is 5.95 Å². The van der Waals surface area contributed by atoms with Gasteiger partial charge in [-0.05, 0) is 44.2 Å². The van der Waals surface area contributed by atoms with Crippen LogP contribution in [0.5, 0.6) is 0 Å². The van der Waals surface area contributed by atoms with E-state index in [4.69, 9.17) is 4.98 Å². The van der Waals surface area contributed by atoms with Crippen molar-refractivity contribution in [3.63, 3.8) is 0 Å². The van der Waals surface area contributed by atoms with Gasteiger partial charge in [-0.2, -0.15) is 5.10 Å². The van der Waals surface area contributed by atoms with Crippen molar-refractivity contribution in [3.05, 3.63) is 35.4 Å². The fourth-order valence-corrected chi connectivity index (χ4v) is 4.48. The Kier molecular flexibility index (Phi) is 4.61. The van der Waals surface area contributed by atoms with Gasteiger partial charge in [0, 0.05) is 63.7 Å². The van der Waals surface area contributed by atoms with E-state index in [2.05, 4.69) is 15.0 Å². The molecule has 4 rings (SSSR count). The van der Waals surface area contributed by atoms with Crippen LogP contribution in [0.1, 0.15) is 42.6 Å². The smallest absolute Gasteiger partial charge is 0.225 e. The minimum Gasteiger partial charge on any atom is -0.347 e. The van der Waals surface area contributed by atoms with Crippen molar-refractivity contribution in [1.29, 1.82) is 0 Å². The van der Waals surface area contributed by atoms with Crippen LogP contribution in [0, 0.1) is 6.92 Å². The molecule has 3 heterocycles. The van der Waals surface area contributed by atoms with Gasteiger partial charge in [0.2, 0.25) is 11.9 Å². The summed E-state index contributed by atoms with van der Waals surface area (Å²) in [5, 5.41) is 4.28. The van der Waals surface area contributed by atoms with E-state index in [1.54, 1.807) is 6.20 Å². The molecule has 0 saturated carbocycles.